The van der Waals surface area contributed by atoms with E-state index >= 15 is 0 Å². The van der Waals surface area contributed by atoms with Crippen molar-refractivity contribution in [3.8, 4) is 0 Å². The van der Waals surface area contributed by atoms with Crippen LogP contribution in [-0.2, 0) is 19.4 Å². The number of carbonyl (C=O) groups excluding carboxylic acids is 1. The van der Waals surface area contributed by atoms with E-state index in [0.29, 0.717) is 11.4 Å². The number of Topliss-reactive ketones (excluding diaryl/α,β-unsaturated/α-hetero) is 1. The Morgan fingerprint density at radius 1 is 1.15 bits per heavy atom. The summed E-state index contributed by atoms with van der Waals surface area (Å²) >= 11 is 6.14. The fraction of sp³-hybridized carbons (Fsp3) is 0.235. The van der Waals surface area contributed by atoms with Gasteiger partial charge in [-0.2, -0.15) is 0 Å². The summed E-state index contributed by atoms with van der Waals surface area (Å²) in [6.45, 7) is 1.78. The maximum absolute atomic E-state index is 12.6. The molecule has 0 radical (unpaired) electrons. The average molecular weight is 286 g/mol. The third kappa shape index (κ3) is 2.62. The molecule has 0 saturated heterocycles. The quantitative estimate of drug-likeness (QED) is 0.876. The summed E-state index contributed by atoms with van der Waals surface area (Å²) in [6.07, 6.45) is 1.28. The molecular weight excluding hydrogens is 270 g/mol. The fourth-order valence-electron chi connectivity index (χ4n) is 2.70. The predicted molar refractivity (Wildman–Crippen MR) is 81.3 cm³/mol. The molecular formula is C17H16ClNO. The summed E-state index contributed by atoms with van der Waals surface area (Å²) < 4.78 is 0. The van der Waals surface area contributed by atoms with Gasteiger partial charge in [-0.05, 0) is 35.7 Å². The van der Waals surface area contributed by atoms with E-state index in [1.165, 1.54) is 11.1 Å². The molecule has 1 aliphatic heterocycles. The lowest BCUT2D eigenvalue weighted by atomic mass is 9.91. The number of ketones is 1. The van der Waals surface area contributed by atoms with Crippen LogP contribution in [0.25, 0.3) is 0 Å². The van der Waals surface area contributed by atoms with Gasteiger partial charge in [-0.15, -0.1) is 0 Å². The highest BCUT2D eigenvalue weighted by Gasteiger charge is 2.17. The second-order valence-corrected chi connectivity index (χ2v) is 5.47. The molecule has 3 heteroatoms. The van der Waals surface area contributed by atoms with Crippen LogP contribution in [0.3, 0.4) is 0 Å². The Balaban J connectivity index is 1.90. The van der Waals surface area contributed by atoms with E-state index in [0.717, 1.165) is 30.6 Å². The molecule has 0 aromatic heterocycles. The highest BCUT2D eigenvalue weighted by atomic mass is 35.5. The van der Waals surface area contributed by atoms with Gasteiger partial charge >= 0.3 is 0 Å². The number of fused-ring (bicyclic) bond motifs is 1. The number of hydrogen-bond acceptors (Lipinski definition) is 2. The lowest BCUT2D eigenvalue weighted by Crippen LogP contribution is -2.25. The van der Waals surface area contributed by atoms with Crippen molar-refractivity contribution in [3.63, 3.8) is 0 Å². The molecule has 0 unspecified atom stereocenters. The first-order valence-corrected chi connectivity index (χ1v) is 7.21. The van der Waals surface area contributed by atoms with Crippen LogP contribution in [0.2, 0.25) is 5.02 Å². The molecule has 0 spiro atoms. The number of hydrogen-bond donors (Lipinski definition) is 1. The highest BCUT2D eigenvalue weighted by Crippen LogP contribution is 2.22. The summed E-state index contributed by atoms with van der Waals surface area (Å²) in [5.74, 6) is 0.150. The van der Waals surface area contributed by atoms with Gasteiger partial charge in [0.15, 0.2) is 5.78 Å². The Bertz CT molecular complexity index is 651. The molecule has 0 aliphatic carbocycles. The van der Waals surface area contributed by atoms with Crippen LogP contribution in [0.15, 0.2) is 42.5 Å². The van der Waals surface area contributed by atoms with E-state index in [1.54, 1.807) is 0 Å². The normalized spacial score (nSPS) is 13.8. The third-order valence-electron chi connectivity index (χ3n) is 3.75. The van der Waals surface area contributed by atoms with Crippen LogP contribution in [-0.4, -0.2) is 12.3 Å². The van der Waals surface area contributed by atoms with Crippen molar-refractivity contribution >= 4 is 17.4 Å². The van der Waals surface area contributed by atoms with Gasteiger partial charge in [-0.3, -0.25) is 4.79 Å². The van der Waals surface area contributed by atoms with Crippen LogP contribution in [0.1, 0.15) is 27.0 Å². The van der Waals surface area contributed by atoms with Gasteiger partial charge in [0.25, 0.3) is 0 Å². The van der Waals surface area contributed by atoms with Crippen molar-refractivity contribution in [3.05, 3.63) is 69.7 Å². The monoisotopic (exact) mass is 285 g/mol. The second kappa shape index (κ2) is 5.78. The zero-order valence-electron chi connectivity index (χ0n) is 11.2. The van der Waals surface area contributed by atoms with Gasteiger partial charge in [0, 0.05) is 23.6 Å². The molecule has 102 valence electrons. The van der Waals surface area contributed by atoms with Gasteiger partial charge in [-0.1, -0.05) is 48.0 Å². The zero-order chi connectivity index (χ0) is 13.9. The zero-order valence-corrected chi connectivity index (χ0v) is 11.9. The Morgan fingerprint density at radius 3 is 2.85 bits per heavy atom. The van der Waals surface area contributed by atoms with E-state index in [1.807, 2.05) is 36.4 Å². The fourth-order valence-corrected chi connectivity index (χ4v) is 2.91. The number of benzene rings is 2. The van der Waals surface area contributed by atoms with E-state index in [9.17, 15) is 4.79 Å². The third-order valence-corrected chi connectivity index (χ3v) is 4.12. The minimum absolute atomic E-state index is 0.150. The Morgan fingerprint density at radius 2 is 2.00 bits per heavy atom. The van der Waals surface area contributed by atoms with Gasteiger partial charge in [0.1, 0.15) is 0 Å². The van der Waals surface area contributed by atoms with Gasteiger partial charge in [0.05, 0.1) is 0 Å². The first-order valence-electron chi connectivity index (χ1n) is 6.84. The minimum atomic E-state index is 0.150. The lowest BCUT2D eigenvalue weighted by molar-refractivity contribution is 0.0992. The summed E-state index contributed by atoms with van der Waals surface area (Å²) in [4.78, 5) is 12.6. The lowest BCUT2D eigenvalue weighted by Gasteiger charge is -2.19. The van der Waals surface area contributed by atoms with Crippen molar-refractivity contribution < 1.29 is 4.79 Å². The predicted octanol–water partition coefficient (Wildman–Crippen LogP) is 3.41. The van der Waals surface area contributed by atoms with Crippen LogP contribution in [0.4, 0.5) is 0 Å². The topological polar surface area (TPSA) is 29.1 Å². The number of carbonyl (C=O) groups is 1. The molecule has 1 N–H and O–H groups in total. The molecule has 2 aromatic rings. The molecule has 0 saturated carbocycles. The van der Waals surface area contributed by atoms with Crippen LogP contribution >= 0.6 is 11.6 Å². The second-order valence-electron chi connectivity index (χ2n) is 5.06. The largest absolute Gasteiger partial charge is 0.312 e. The van der Waals surface area contributed by atoms with E-state index in [4.69, 9.17) is 11.6 Å². The summed E-state index contributed by atoms with van der Waals surface area (Å²) in [6, 6.07) is 13.5. The standard InChI is InChI=1S/C17H16ClNO/c18-16-7-2-1-4-12(16)10-17(20)15-6-3-5-13-11-19-9-8-14(13)15/h1-7,19H,8-11H2. The number of halogens is 1. The Labute approximate surface area is 123 Å². The average Bonchev–Trinajstić information content (AvgIpc) is 2.49. The van der Waals surface area contributed by atoms with Gasteiger partial charge in [-0.25, -0.2) is 0 Å². The molecule has 3 rings (SSSR count). The number of rotatable bonds is 3. The van der Waals surface area contributed by atoms with Crippen LogP contribution < -0.4 is 5.32 Å². The first kappa shape index (κ1) is 13.3. The SMILES string of the molecule is O=C(Cc1ccccc1Cl)c1cccc2c1CCNC2. The van der Waals surface area contributed by atoms with Gasteiger partial charge < -0.3 is 5.32 Å². The molecule has 0 bridgehead atoms. The van der Waals surface area contributed by atoms with Crippen LogP contribution in [0.5, 0.6) is 0 Å². The molecule has 0 amide bonds. The molecule has 1 aliphatic rings. The van der Waals surface area contributed by atoms with Crippen molar-refractivity contribution in [2.45, 2.75) is 19.4 Å². The van der Waals surface area contributed by atoms with Crippen molar-refractivity contribution in [2.75, 3.05) is 6.54 Å². The summed E-state index contributed by atoms with van der Waals surface area (Å²) in [5, 5.41) is 3.99. The van der Waals surface area contributed by atoms with Crippen LogP contribution in [0, 0.1) is 0 Å². The Kier molecular flexibility index (Phi) is 3.86. The Hall–Kier alpha value is -1.64. The highest BCUT2D eigenvalue weighted by molar-refractivity contribution is 6.31. The van der Waals surface area contributed by atoms with Crippen molar-refractivity contribution in [1.82, 2.24) is 5.32 Å². The molecule has 2 aromatic carbocycles. The van der Waals surface area contributed by atoms with Crippen molar-refractivity contribution in [1.29, 1.82) is 0 Å². The van der Waals surface area contributed by atoms with E-state index in [-0.39, 0.29) is 5.78 Å². The summed E-state index contributed by atoms with van der Waals surface area (Å²) in [7, 11) is 0. The maximum atomic E-state index is 12.6. The van der Waals surface area contributed by atoms with Gasteiger partial charge in [0.2, 0.25) is 0 Å². The minimum Gasteiger partial charge on any atom is -0.312 e. The molecule has 2 nitrogen and oxygen atoms in total. The maximum Gasteiger partial charge on any atom is 0.167 e. The summed E-state index contributed by atoms with van der Waals surface area (Å²) in [5.41, 5.74) is 4.18. The van der Waals surface area contributed by atoms with E-state index in [2.05, 4.69) is 11.4 Å². The molecule has 0 fully saturated rings. The smallest absolute Gasteiger partial charge is 0.167 e. The molecule has 0 atom stereocenters. The van der Waals surface area contributed by atoms with E-state index < -0.39 is 0 Å². The molecule has 20 heavy (non-hydrogen) atoms. The first-order chi connectivity index (χ1) is 9.75. The number of nitrogens with one attached hydrogen (secondary N) is 1. The van der Waals surface area contributed by atoms with Crippen molar-refractivity contribution in [2.24, 2.45) is 0 Å². The molecule has 1 heterocycles.